The fourth-order valence-electron chi connectivity index (χ4n) is 3.79. The molecule has 1 heterocycles. The number of methoxy groups -OCH3 is 2. The summed E-state index contributed by atoms with van der Waals surface area (Å²) in [7, 11) is 3.23. The molecule has 0 saturated heterocycles. The van der Waals surface area contributed by atoms with E-state index in [1.165, 1.54) is 11.8 Å². The number of hydrogen-bond donors (Lipinski definition) is 1. The van der Waals surface area contributed by atoms with Crippen molar-refractivity contribution in [3.8, 4) is 40.0 Å². The Kier molecular flexibility index (Phi) is 8.11. The van der Waals surface area contributed by atoms with Crippen molar-refractivity contribution in [1.29, 1.82) is 5.26 Å². The van der Waals surface area contributed by atoms with Gasteiger partial charge in [0.25, 0.3) is 0 Å². The summed E-state index contributed by atoms with van der Waals surface area (Å²) in [6, 6.07) is 27.0. The van der Waals surface area contributed by atoms with Crippen LogP contribution in [0.5, 0.6) is 11.5 Å². The number of anilines is 1. The van der Waals surface area contributed by atoms with Gasteiger partial charge < -0.3 is 14.8 Å². The normalized spacial score (nSPS) is 11.3. The van der Waals surface area contributed by atoms with E-state index in [0.29, 0.717) is 16.3 Å². The number of nitrogens with one attached hydrogen (secondary N) is 1. The van der Waals surface area contributed by atoms with Crippen LogP contribution >= 0.6 is 11.8 Å². The van der Waals surface area contributed by atoms with Crippen LogP contribution in [0.1, 0.15) is 18.1 Å². The Hall–Kier alpha value is -4.28. The Morgan fingerprint density at radius 1 is 0.946 bits per heavy atom. The molecule has 0 radical (unpaired) electrons. The Morgan fingerprint density at radius 3 is 2.11 bits per heavy atom. The van der Waals surface area contributed by atoms with Crippen LogP contribution in [0.25, 0.3) is 22.4 Å². The van der Waals surface area contributed by atoms with Crippen LogP contribution in [0.2, 0.25) is 0 Å². The highest BCUT2D eigenvalue weighted by Crippen LogP contribution is 2.36. The van der Waals surface area contributed by atoms with E-state index in [0.717, 1.165) is 39.4 Å². The molecule has 0 aliphatic heterocycles. The van der Waals surface area contributed by atoms with Gasteiger partial charge in [-0.1, -0.05) is 42.1 Å². The quantitative estimate of drug-likeness (QED) is 0.265. The molecule has 3 aromatic carbocycles. The minimum absolute atomic E-state index is 0.161. The topological polar surface area (TPSA) is 84.2 Å². The van der Waals surface area contributed by atoms with E-state index in [1.807, 2.05) is 92.7 Å². The van der Waals surface area contributed by atoms with Gasteiger partial charge in [-0.15, -0.1) is 0 Å². The minimum Gasteiger partial charge on any atom is -0.497 e. The third-order valence-electron chi connectivity index (χ3n) is 5.95. The fraction of sp³-hybridized carbons (Fsp3) is 0.167. The Balaban J connectivity index is 1.75. The molecule has 6 nitrogen and oxygen atoms in total. The molecule has 1 atom stereocenters. The molecule has 186 valence electrons. The Labute approximate surface area is 221 Å². The number of carbonyl (C=O) groups is 1. The summed E-state index contributed by atoms with van der Waals surface area (Å²) in [5.41, 5.74) is 5.32. The fourth-order valence-corrected chi connectivity index (χ4v) is 4.72. The van der Waals surface area contributed by atoms with Crippen molar-refractivity contribution in [3.05, 3.63) is 90.0 Å². The second-order valence-electron chi connectivity index (χ2n) is 8.37. The van der Waals surface area contributed by atoms with Crippen LogP contribution in [0, 0.1) is 18.3 Å². The van der Waals surface area contributed by atoms with E-state index in [-0.39, 0.29) is 5.91 Å². The van der Waals surface area contributed by atoms with E-state index in [1.54, 1.807) is 14.2 Å². The SMILES string of the molecule is COc1ccc(-c2cc(-c3ccc(OC)cc3)c(C#N)c(SC(C)C(=O)Nc3ccccc3C)n2)cc1. The van der Waals surface area contributed by atoms with Gasteiger partial charge in [-0.05, 0) is 73.5 Å². The minimum atomic E-state index is -0.492. The summed E-state index contributed by atoms with van der Waals surface area (Å²) in [5, 5.41) is 13.2. The van der Waals surface area contributed by atoms with Gasteiger partial charge in [-0.3, -0.25) is 4.79 Å². The zero-order valence-corrected chi connectivity index (χ0v) is 21.9. The lowest BCUT2D eigenvalue weighted by Crippen LogP contribution is -2.23. The molecular formula is C30H27N3O3S. The summed E-state index contributed by atoms with van der Waals surface area (Å²) < 4.78 is 10.6. The number of thioether (sulfide) groups is 1. The largest absolute Gasteiger partial charge is 0.497 e. The number of aryl methyl sites for hydroxylation is 1. The van der Waals surface area contributed by atoms with Gasteiger partial charge in [0, 0.05) is 16.8 Å². The van der Waals surface area contributed by atoms with E-state index in [4.69, 9.17) is 14.5 Å². The van der Waals surface area contributed by atoms with Crippen LogP contribution in [0.3, 0.4) is 0 Å². The molecule has 1 amide bonds. The molecule has 0 fully saturated rings. The molecule has 0 aliphatic carbocycles. The number of aromatic nitrogens is 1. The second-order valence-corrected chi connectivity index (χ2v) is 9.70. The lowest BCUT2D eigenvalue weighted by atomic mass is 9.99. The molecule has 0 aliphatic rings. The van der Waals surface area contributed by atoms with Gasteiger partial charge in [0.15, 0.2) is 0 Å². The van der Waals surface area contributed by atoms with E-state index in [2.05, 4.69) is 11.4 Å². The molecule has 1 N–H and O–H groups in total. The highest BCUT2D eigenvalue weighted by Gasteiger charge is 2.22. The second kappa shape index (κ2) is 11.6. The smallest absolute Gasteiger partial charge is 0.237 e. The average Bonchev–Trinajstić information content (AvgIpc) is 2.94. The molecule has 4 rings (SSSR count). The number of nitriles is 1. The zero-order chi connectivity index (χ0) is 26.4. The number of para-hydroxylation sites is 1. The van der Waals surface area contributed by atoms with Crippen molar-refractivity contribution in [2.75, 3.05) is 19.5 Å². The van der Waals surface area contributed by atoms with Gasteiger partial charge in [-0.25, -0.2) is 4.98 Å². The number of carbonyl (C=O) groups excluding carboxylic acids is 1. The van der Waals surface area contributed by atoms with Crippen LogP contribution in [-0.4, -0.2) is 30.4 Å². The lowest BCUT2D eigenvalue weighted by molar-refractivity contribution is -0.115. The third-order valence-corrected chi connectivity index (χ3v) is 7.03. The third kappa shape index (κ3) is 5.93. The average molecular weight is 510 g/mol. The molecule has 37 heavy (non-hydrogen) atoms. The summed E-state index contributed by atoms with van der Waals surface area (Å²) in [5.74, 6) is 1.30. The Bertz CT molecular complexity index is 1440. The van der Waals surface area contributed by atoms with E-state index in [9.17, 15) is 10.1 Å². The summed E-state index contributed by atoms with van der Waals surface area (Å²) in [6.07, 6.45) is 0. The maximum absolute atomic E-state index is 13.0. The molecule has 1 unspecified atom stereocenters. The van der Waals surface area contributed by atoms with Gasteiger partial charge in [0.1, 0.15) is 22.6 Å². The number of rotatable bonds is 8. The van der Waals surface area contributed by atoms with E-state index >= 15 is 0 Å². The predicted molar refractivity (Wildman–Crippen MR) is 148 cm³/mol. The number of ether oxygens (including phenoxy) is 2. The summed E-state index contributed by atoms with van der Waals surface area (Å²) in [4.78, 5) is 17.9. The van der Waals surface area contributed by atoms with Gasteiger partial charge in [-0.2, -0.15) is 5.26 Å². The monoisotopic (exact) mass is 509 g/mol. The van der Waals surface area contributed by atoms with Gasteiger partial charge in [0.2, 0.25) is 5.91 Å². The molecule has 0 bridgehead atoms. The highest BCUT2D eigenvalue weighted by atomic mass is 32.2. The predicted octanol–water partition coefficient (Wildman–Crippen LogP) is 6.73. The molecule has 0 spiro atoms. The van der Waals surface area contributed by atoms with Gasteiger partial charge >= 0.3 is 0 Å². The molecule has 1 aromatic heterocycles. The highest BCUT2D eigenvalue weighted by molar-refractivity contribution is 8.00. The number of pyridine rings is 1. The van der Waals surface area contributed by atoms with Gasteiger partial charge in [0.05, 0.1) is 30.7 Å². The molecule has 0 saturated carbocycles. The number of hydrogen-bond acceptors (Lipinski definition) is 6. The van der Waals surface area contributed by atoms with Crippen molar-refractivity contribution in [3.63, 3.8) is 0 Å². The van der Waals surface area contributed by atoms with Crippen molar-refractivity contribution < 1.29 is 14.3 Å². The first kappa shape index (κ1) is 25.8. The summed E-state index contributed by atoms with van der Waals surface area (Å²) >= 11 is 1.27. The van der Waals surface area contributed by atoms with Crippen LogP contribution < -0.4 is 14.8 Å². The first-order chi connectivity index (χ1) is 17.9. The van der Waals surface area contributed by atoms with Crippen molar-refractivity contribution in [2.24, 2.45) is 0 Å². The standard InChI is InChI=1S/C30H27N3O3S/c1-19-7-5-6-8-27(19)32-29(34)20(2)37-30-26(18-31)25(21-9-13-23(35-3)14-10-21)17-28(33-30)22-11-15-24(36-4)16-12-22/h5-17,20H,1-4H3,(H,32,34). The summed E-state index contributed by atoms with van der Waals surface area (Å²) in [6.45, 7) is 3.76. The zero-order valence-electron chi connectivity index (χ0n) is 21.1. The van der Waals surface area contributed by atoms with Crippen molar-refractivity contribution in [2.45, 2.75) is 24.1 Å². The van der Waals surface area contributed by atoms with Crippen LogP contribution in [-0.2, 0) is 4.79 Å². The van der Waals surface area contributed by atoms with Crippen molar-refractivity contribution >= 4 is 23.4 Å². The van der Waals surface area contributed by atoms with Crippen LogP contribution in [0.4, 0.5) is 5.69 Å². The first-order valence-electron chi connectivity index (χ1n) is 11.7. The van der Waals surface area contributed by atoms with E-state index < -0.39 is 5.25 Å². The first-order valence-corrected chi connectivity index (χ1v) is 12.6. The maximum atomic E-state index is 13.0. The molecule has 4 aromatic rings. The number of nitrogens with zero attached hydrogens (tertiary/aromatic N) is 2. The van der Waals surface area contributed by atoms with Crippen LogP contribution in [0.15, 0.2) is 83.9 Å². The number of amides is 1. The lowest BCUT2D eigenvalue weighted by Gasteiger charge is -2.16. The van der Waals surface area contributed by atoms with Crippen molar-refractivity contribution in [1.82, 2.24) is 4.98 Å². The molecule has 7 heteroatoms. The Morgan fingerprint density at radius 2 is 1.54 bits per heavy atom. The number of benzene rings is 3. The molecular weight excluding hydrogens is 482 g/mol. The maximum Gasteiger partial charge on any atom is 0.237 e.